The van der Waals surface area contributed by atoms with Crippen molar-refractivity contribution in [3.05, 3.63) is 64.2 Å². The number of carboxylic acid groups (broad SMARTS) is 1. The van der Waals surface area contributed by atoms with Gasteiger partial charge in [0, 0.05) is 17.9 Å². The third kappa shape index (κ3) is 10.3. The molecule has 0 spiro atoms. The molecule has 5 atom stereocenters. The van der Waals surface area contributed by atoms with E-state index in [0.29, 0.717) is 17.0 Å². The summed E-state index contributed by atoms with van der Waals surface area (Å²) < 4.78 is 44.4. The van der Waals surface area contributed by atoms with Gasteiger partial charge in [0.25, 0.3) is 0 Å². The van der Waals surface area contributed by atoms with E-state index >= 15 is 0 Å². The van der Waals surface area contributed by atoms with Gasteiger partial charge in [0.1, 0.15) is 42.2 Å². The summed E-state index contributed by atoms with van der Waals surface area (Å²) in [6.45, 7) is 4.18. The average molecular weight is 648 g/mol. The van der Waals surface area contributed by atoms with Crippen LogP contribution >= 0.6 is 11.6 Å². The van der Waals surface area contributed by atoms with E-state index in [-0.39, 0.29) is 0 Å². The van der Waals surface area contributed by atoms with Crippen LogP contribution in [0.1, 0.15) is 54.9 Å². The minimum Gasteiger partial charge on any atom is -0.542 e. The lowest BCUT2D eigenvalue weighted by atomic mass is 9.90. The van der Waals surface area contributed by atoms with Crippen molar-refractivity contribution in [2.45, 2.75) is 75.2 Å². The number of unbranched alkanes of at least 4 members (excludes halogenated alkanes) is 2. The van der Waals surface area contributed by atoms with Crippen LogP contribution in [0.25, 0.3) is 0 Å². The zero-order valence-corrected chi connectivity index (χ0v) is 25.3. The summed E-state index contributed by atoms with van der Waals surface area (Å²) in [6, 6.07) is 13.3. The number of halogens is 4. The Kier molecular flexibility index (Phi) is 13.3. The van der Waals surface area contributed by atoms with Crippen LogP contribution in [0.5, 0.6) is 5.75 Å². The first-order valence-corrected chi connectivity index (χ1v) is 15.0. The van der Waals surface area contributed by atoms with Crippen LogP contribution in [0, 0.1) is 0 Å². The average Bonchev–Trinajstić information content (AvgIpc) is 3.42. The molecule has 2 aromatic carbocycles. The van der Waals surface area contributed by atoms with E-state index in [0.717, 1.165) is 29.9 Å². The van der Waals surface area contributed by atoms with Gasteiger partial charge in [-0.2, -0.15) is 13.2 Å². The predicted molar refractivity (Wildman–Crippen MR) is 154 cm³/mol. The summed E-state index contributed by atoms with van der Waals surface area (Å²) in [5.41, 5.74) is 2.53. The molecule has 2 aliphatic heterocycles. The maximum Gasteiger partial charge on any atom is 0.430 e. The Bertz CT molecular complexity index is 1190. The first-order valence-electron chi connectivity index (χ1n) is 14.7. The Labute approximate surface area is 260 Å². The number of carboxylic acids is 1. The highest BCUT2D eigenvalue weighted by molar-refractivity contribution is 6.31. The van der Waals surface area contributed by atoms with Crippen molar-refractivity contribution in [3.8, 4) is 5.75 Å². The largest absolute Gasteiger partial charge is 0.542 e. The fourth-order valence-electron chi connectivity index (χ4n) is 5.49. The van der Waals surface area contributed by atoms with E-state index in [1.807, 2.05) is 30.3 Å². The number of nitrogens with zero attached hydrogens (tertiary/aromatic N) is 1. The van der Waals surface area contributed by atoms with Crippen molar-refractivity contribution in [1.29, 1.82) is 0 Å². The monoisotopic (exact) mass is 647 g/mol. The summed E-state index contributed by atoms with van der Waals surface area (Å²) in [5.74, 6) is -2.16. The topological polar surface area (TPSA) is 140 Å². The smallest absolute Gasteiger partial charge is 0.430 e. The molecule has 44 heavy (non-hydrogen) atoms. The number of carbonyl (C=O) groups is 1. The molecule has 2 aromatic rings. The molecule has 2 fully saturated rings. The van der Waals surface area contributed by atoms with Crippen LogP contribution in [-0.4, -0.2) is 101 Å². The molecule has 4 rings (SSSR count). The van der Waals surface area contributed by atoms with Crippen LogP contribution < -0.4 is 9.84 Å². The highest BCUT2D eigenvalue weighted by Crippen LogP contribution is 2.34. The van der Waals surface area contributed by atoms with Gasteiger partial charge in [0.05, 0.1) is 39.9 Å². The number of quaternary nitrogens is 1. The second kappa shape index (κ2) is 16.2. The maximum atomic E-state index is 10.5. The van der Waals surface area contributed by atoms with Crippen LogP contribution in [0.4, 0.5) is 13.2 Å². The number of likely N-dealkylation sites (tertiary alicyclic amines) is 1. The minimum atomic E-state index is -5.19. The Balaban J connectivity index is 0.000000676. The van der Waals surface area contributed by atoms with Crippen LogP contribution in [0.3, 0.4) is 0 Å². The molecule has 4 N–H and O–H groups in total. The van der Waals surface area contributed by atoms with Crippen molar-refractivity contribution in [3.63, 3.8) is 0 Å². The van der Waals surface area contributed by atoms with Crippen molar-refractivity contribution in [2.75, 3.05) is 39.9 Å². The van der Waals surface area contributed by atoms with E-state index in [4.69, 9.17) is 31.0 Å². The van der Waals surface area contributed by atoms with Gasteiger partial charge in [0.15, 0.2) is 0 Å². The van der Waals surface area contributed by atoms with Gasteiger partial charge in [0.2, 0.25) is 0 Å². The van der Waals surface area contributed by atoms with Crippen molar-refractivity contribution in [1.82, 2.24) is 0 Å². The molecule has 0 aromatic heterocycles. The van der Waals surface area contributed by atoms with Crippen molar-refractivity contribution >= 4 is 17.6 Å². The summed E-state index contributed by atoms with van der Waals surface area (Å²) in [5, 5.41) is 49.5. The predicted octanol–water partition coefficient (Wildman–Crippen LogP) is 2.53. The highest BCUT2D eigenvalue weighted by Gasteiger charge is 2.44. The van der Waals surface area contributed by atoms with Gasteiger partial charge in [-0.1, -0.05) is 35.9 Å². The number of alkyl halides is 3. The lowest BCUT2D eigenvalue weighted by Gasteiger charge is -2.40. The summed E-state index contributed by atoms with van der Waals surface area (Å²) >= 11 is 6.46. The lowest BCUT2D eigenvalue weighted by Crippen LogP contribution is -2.55. The number of aliphatic carboxylic acids is 1. The van der Waals surface area contributed by atoms with Crippen LogP contribution in [0.2, 0.25) is 5.02 Å². The lowest BCUT2D eigenvalue weighted by molar-refractivity contribution is -0.897. The second-order valence-electron chi connectivity index (χ2n) is 11.6. The third-order valence-corrected chi connectivity index (χ3v) is 8.47. The standard InChI is InChI=1S/C29H41ClNO6.C2HF3O2/c1-31(14-4-5-15-31)13-3-2-6-16-36-23-10-7-20(8-11-23)17-22-18-21(9-12-24(22)30)29-28(35)27(34)26(33)25(19-32)37-29;3-2(4,5)1(6)7/h7-12,18,25-29,32-35H,2-6,13-17,19H2,1H3;(H,6,7)/q+1;/p-1/t25-,26-,27+,28-,29+;/m1./s1. The minimum absolute atomic E-state index is 0.463. The third-order valence-electron chi connectivity index (χ3n) is 8.10. The number of ether oxygens (including phenoxy) is 2. The highest BCUT2D eigenvalue weighted by atomic mass is 35.5. The van der Waals surface area contributed by atoms with Crippen LogP contribution in [0.15, 0.2) is 42.5 Å². The number of hydrogen-bond donors (Lipinski definition) is 4. The Morgan fingerprint density at radius 1 is 1.02 bits per heavy atom. The van der Waals surface area contributed by atoms with E-state index in [1.165, 1.54) is 49.8 Å². The SMILES string of the molecule is C[N+]1(CCCCCOc2ccc(Cc3cc([C@@H]4O[C@H](CO)[C@@H](O)[C@H](O)[C@H]4O)ccc3Cl)cc2)CCCC1.O=C([O-])C(F)(F)F. The molecule has 9 nitrogen and oxygen atoms in total. The fraction of sp³-hybridized carbons (Fsp3) is 0.581. The fourth-order valence-corrected chi connectivity index (χ4v) is 5.68. The van der Waals surface area contributed by atoms with Gasteiger partial charge in [-0.3, -0.25) is 0 Å². The van der Waals surface area contributed by atoms with Crippen molar-refractivity contribution in [2.24, 2.45) is 0 Å². The number of hydrogen-bond acceptors (Lipinski definition) is 8. The molecule has 0 bridgehead atoms. The molecule has 2 aliphatic rings. The van der Waals surface area contributed by atoms with E-state index in [9.17, 15) is 33.6 Å². The zero-order chi connectivity index (χ0) is 32.5. The maximum absolute atomic E-state index is 10.5. The van der Waals surface area contributed by atoms with E-state index < -0.39 is 49.3 Å². The number of benzene rings is 2. The Morgan fingerprint density at radius 3 is 2.25 bits per heavy atom. The molecular weight excluding hydrogens is 607 g/mol. The molecule has 0 radical (unpaired) electrons. The Morgan fingerprint density at radius 2 is 1.66 bits per heavy atom. The first-order chi connectivity index (χ1) is 20.7. The molecule has 2 heterocycles. The first kappa shape index (κ1) is 36.0. The van der Waals surface area contributed by atoms with Gasteiger partial charge in [-0.05, 0) is 60.6 Å². The summed E-state index contributed by atoms with van der Waals surface area (Å²) in [4.78, 5) is 8.78. The number of carbonyl (C=O) groups excluding carboxylic acids is 1. The quantitative estimate of drug-likeness (QED) is 0.216. The van der Waals surface area contributed by atoms with E-state index in [2.05, 4.69) is 7.05 Å². The molecule has 0 amide bonds. The molecule has 2 saturated heterocycles. The van der Waals surface area contributed by atoms with Gasteiger partial charge in [-0.15, -0.1) is 0 Å². The van der Waals surface area contributed by atoms with E-state index in [1.54, 1.807) is 12.1 Å². The molecular formula is C31H41ClF3NO8. The van der Waals surface area contributed by atoms with Gasteiger partial charge in [-0.25, -0.2) is 0 Å². The normalized spacial score (nSPS) is 24.8. The Hall–Kier alpha value is -2.45. The number of aliphatic hydroxyl groups is 4. The van der Waals surface area contributed by atoms with Gasteiger partial charge < -0.3 is 44.3 Å². The molecule has 13 heteroatoms. The number of aliphatic hydroxyl groups excluding tert-OH is 4. The van der Waals surface area contributed by atoms with Crippen LogP contribution in [-0.2, 0) is 16.0 Å². The van der Waals surface area contributed by atoms with Crippen molar-refractivity contribution < 1.29 is 57.5 Å². The zero-order valence-electron chi connectivity index (χ0n) is 24.6. The molecule has 0 aliphatic carbocycles. The molecule has 0 saturated carbocycles. The van der Waals surface area contributed by atoms with Gasteiger partial charge >= 0.3 is 6.18 Å². The second-order valence-corrected chi connectivity index (χ2v) is 12.0. The molecule has 0 unspecified atom stereocenters. The summed E-state index contributed by atoms with van der Waals surface area (Å²) in [7, 11) is 2.38. The summed E-state index contributed by atoms with van der Waals surface area (Å²) in [6.07, 6.45) is -4.36. The number of rotatable bonds is 11. The molecule has 246 valence electrons.